The van der Waals surface area contributed by atoms with Crippen LogP contribution in [0.1, 0.15) is 52.4 Å². The summed E-state index contributed by atoms with van der Waals surface area (Å²) < 4.78 is 29.2. The van der Waals surface area contributed by atoms with Crippen molar-refractivity contribution in [2.24, 2.45) is 5.92 Å². The molecule has 0 saturated heterocycles. The highest BCUT2D eigenvalue weighted by Crippen LogP contribution is 2.23. The molecule has 0 bridgehead atoms. The highest BCUT2D eigenvalue weighted by Gasteiger charge is 2.32. The van der Waals surface area contributed by atoms with Gasteiger partial charge < -0.3 is 4.90 Å². The topological polar surface area (TPSA) is 69.7 Å². The number of nitrogens with zero attached hydrogens (tertiary/aromatic N) is 2. The number of hydrogen-bond acceptors (Lipinski definition) is 3. The molecule has 1 unspecified atom stereocenters. The predicted octanol–water partition coefficient (Wildman–Crippen LogP) is 1.59. The zero-order valence-electron chi connectivity index (χ0n) is 14.5. The lowest BCUT2D eigenvalue weighted by molar-refractivity contribution is -0.130. The third-order valence-electron chi connectivity index (χ3n) is 4.21. The Bertz CT molecular complexity index is 457. The lowest BCUT2D eigenvalue weighted by Gasteiger charge is -2.32. The van der Waals surface area contributed by atoms with Gasteiger partial charge >= 0.3 is 0 Å². The molecule has 0 aliphatic heterocycles. The van der Waals surface area contributed by atoms with Gasteiger partial charge in [0.05, 0.1) is 0 Å². The Balaban J connectivity index is 2.82. The van der Waals surface area contributed by atoms with Crippen molar-refractivity contribution in [3.8, 4) is 0 Å². The van der Waals surface area contributed by atoms with Crippen molar-refractivity contribution < 1.29 is 13.2 Å². The first-order valence-electron chi connectivity index (χ1n) is 8.11. The Kier molecular flexibility index (Phi) is 7.28. The zero-order chi connectivity index (χ0) is 16.9. The predicted molar refractivity (Wildman–Crippen MR) is 88.6 cm³/mol. The zero-order valence-corrected chi connectivity index (χ0v) is 15.3. The van der Waals surface area contributed by atoms with E-state index in [2.05, 4.69) is 4.72 Å². The van der Waals surface area contributed by atoms with Crippen LogP contribution in [-0.4, -0.2) is 56.8 Å². The molecule has 130 valence electrons. The highest BCUT2D eigenvalue weighted by atomic mass is 32.2. The molecule has 1 N–H and O–H groups in total. The van der Waals surface area contributed by atoms with Crippen molar-refractivity contribution in [2.45, 2.75) is 64.5 Å². The summed E-state index contributed by atoms with van der Waals surface area (Å²) in [5.74, 6) is 0.0332. The third kappa shape index (κ3) is 5.52. The van der Waals surface area contributed by atoms with Gasteiger partial charge in [-0.1, -0.05) is 33.1 Å². The van der Waals surface area contributed by atoms with Crippen molar-refractivity contribution in [1.82, 2.24) is 13.9 Å². The summed E-state index contributed by atoms with van der Waals surface area (Å²) >= 11 is 0. The van der Waals surface area contributed by atoms with Crippen LogP contribution in [-0.2, 0) is 15.0 Å². The number of nitrogens with one attached hydrogen (secondary N) is 1. The Morgan fingerprint density at radius 2 is 1.68 bits per heavy atom. The van der Waals surface area contributed by atoms with E-state index in [-0.39, 0.29) is 17.9 Å². The van der Waals surface area contributed by atoms with Crippen LogP contribution in [0.15, 0.2) is 0 Å². The lowest BCUT2D eigenvalue weighted by atomic mass is 9.96. The van der Waals surface area contributed by atoms with E-state index >= 15 is 0 Å². The molecule has 0 aromatic heterocycles. The average Bonchev–Trinajstić information content (AvgIpc) is 2.45. The molecule has 7 heteroatoms. The summed E-state index contributed by atoms with van der Waals surface area (Å²) in [6.07, 6.45) is 5.59. The van der Waals surface area contributed by atoms with Gasteiger partial charge in [-0.15, -0.1) is 0 Å². The van der Waals surface area contributed by atoms with Crippen molar-refractivity contribution >= 4 is 16.1 Å². The number of rotatable bonds is 7. The average molecular weight is 333 g/mol. The summed E-state index contributed by atoms with van der Waals surface area (Å²) in [6.45, 7) is 3.96. The normalized spacial score (nSPS) is 18.7. The van der Waals surface area contributed by atoms with Crippen molar-refractivity contribution in [1.29, 1.82) is 0 Å². The Morgan fingerprint density at radius 1 is 1.14 bits per heavy atom. The van der Waals surface area contributed by atoms with Crippen LogP contribution in [0.2, 0.25) is 0 Å². The molecule has 0 aromatic rings. The summed E-state index contributed by atoms with van der Waals surface area (Å²) in [7, 11) is 1.26. The fraction of sp³-hybridized carbons (Fsp3) is 0.933. The molecular formula is C15H31N3O3S. The van der Waals surface area contributed by atoms with Crippen molar-refractivity contribution in [2.75, 3.05) is 21.1 Å². The van der Waals surface area contributed by atoms with E-state index in [1.54, 1.807) is 21.1 Å². The minimum atomic E-state index is -3.65. The SMILES string of the molecule is CC(C)CC(NS(=O)(=O)N(C)C1CCCCC1)C(=O)N(C)C. The molecule has 0 radical (unpaired) electrons. The fourth-order valence-electron chi connectivity index (χ4n) is 2.89. The second kappa shape index (κ2) is 8.26. The summed E-state index contributed by atoms with van der Waals surface area (Å²) in [6, 6.07) is -0.661. The summed E-state index contributed by atoms with van der Waals surface area (Å²) in [4.78, 5) is 13.7. The minimum absolute atomic E-state index is 0.0420. The van der Waals surface area contributed by atoms with E-state index in [1.165, 1.54) is 15.6 Å². The second-order valence-corrected chi connectivity index (χ2v) is 8.61. The molecule has 1 atom stereocenters. The summed E-state index contributed by atoms with van der Waals surface area (Å²) in [5, 5.41) is 0. The van der Waals surface area contributed by atoms with Crippen molar-refractivity contribution in [3.63, 3.8) is 0 Å². The van der Waals surface area contributed by atoms with E-state index in [1.807, 2.05) is 13.8 Å². The number of likely N-dealkylation sites (N-methyl/N-ethyl adjacent to an activating group) is 1. The van der Waals surface area contributed by atoms with Crippen LogP contribution in [0, 0.1) is 5.92 Å². The van der Waals surface area contributed by atoms with E-state index in [0.29, 0.717) is 6.42 Å². The van der Waals surface area contributed by atoms with Crippen LogP contribution < -0.4 is 4.72 Å². The first-order valence-corrected chi connectivity index (χ1v) is 9.55. The largest absolute Gasteiger partial charge is 0.347 e. The number of hydrogen-bond donors (Lipinski definition) is 1. The molecule has 22 heavy (non-hydrogen) atoms. The van der Waals surface area contributed by atoms with Gasteiger partial charge in [0.15, 0.2) is 0 Å². The van der Waals surface area contributed by atoms with Gasteiger partial charge in [-0.05, 0) is 25.2 Å². The van der Waals surface area contributed by atoms with Crippen LogP contribution >= 0.6 is 0 Å². The molecule has 1 fully saturated rings. The highest BCUT2D eigenvalue weighted by molar-refractivity contribution is 7.87. The first kappa shape index (κ1) is 19.4. The van der Waals surface area contributed by atoms with Gasteiger partial charge in [-0.2, -0.15) is 17.4 Å². The van der Waals surface area contributed by atoms with Gasteiger partial charge in [0.25, 0.3) is 10.2 Å². The molecule has 6 nitrogen and oxygen atoms in total. The molecular weight excluding hydrogens is 302 g/mol. The molecule has 1 rings (SSSR count). The Hall–Kier alpha value is -0.660. The van der Waals surface area contributed by atoms with Gasteiger partial charge in [0.1, 0.15) is 6.04 Å². The van der Waals surface area contributed by atoms with E-state index in [4.69, 9.17) is 0 Å². The van der Waals surface area contributed by atoms with Crippen molar-refractivity contribution in [3.05, 3.63) is 0 Å². The van der Waals surface area contributed by atoms with Gasteiger partial charge in [-0.3, -0.25) is 4.79 Å². The minimum Gasteiger partial charge on any atom is -0.347 e. The van der Waals surface area contributed by atoms with Crippen LogP contribution in [0.3, 0.4) is 0 Å². The quantitative estimate of drug-likeness (QED) is 0.769. The number of carbonyl (C=O) groups is 1. The smallest absolute Gasteiger partial charge is 0.280 e. The van der Waals surface area contributed by atoms with Crippen LogP contribution in [0.5, 0.6) is 0 Å². The standard InChI is InChI=1S/C15H31N3O3S/c1-12(2)11-14(15(19)17(3)4)16-22(20,21)18(5)13-9-7-6-8-10-13/h12-14,16H,6-11H2,1-5H3. The Morgan fingerprint density at radius 3 is 2.14 bits per heavy atom. The van der Waals surface area contributed by atoms with E-state index in [9.17, 15) is 13.2 Å². The Labute approximate surface area is 135 Å². The molecule has 0 aromatic carbocycles. The molecule has 1 amide bonds. The molecule has 1 aliphatic rings. The third-order valence-corrected chi connectivity index (χ3v) is 5.84. The maximum absolute atomic E-state index is 12.6. The fourth-order valence-corrected chi connectivity index (χ4v) is 4.21. The van der Waals surface area contributed by atoms with E-state index < -0.39 is 16.3 Å². The van der Waals surface area contributed by atoms with Crippen LogP contribution in [0.4, 0.5) is 0 Å². The maximum atomic E-state index is 12.6. The van der Waals surface area contributed by atoms with Gasteiger partial charge in [-0.25, -0.2) is 0 Å². The molecule has 0 heterocycles. The lowest BCUT2D eigenvalue weighted by Crippen LogP contribution is -2.53. The van der Waals surface area contributed by atoms with Crippen LogP contribution in [0.25, 0.3) is 0 Å². The van der Waals surface area contributed by atoms with Gasteiger partial charge in [0, 0.05) is 27.2 Å². The maximum Gasteiger partial charge on any atom is 0.280 e. The number of carbonyl (C=O) groups excluding carboxylic acids is 1. The molecule has 1 aliphatic carbocycles. The molecule has 1 saturated carbocycles. The number of amides is 1. The monoisotopic (exact) mass is 333 g/mol. The second-order valence-electron chi connectivity index (χ2n) is 6.85. The first-order chi connectivity index (χ1) is 10.1. The molecule has 0 spiro atoms. The van der Waals surface area contributed by atoms with E-state index in [0.717, 1.165) is 25.7 Å². The summed E-state index contributed by atoms with van der Waals surface area (Å²) in [5.41, 5.74) is 0. The van der Waals surface area contributed by atoms with Gasteiger partial charge in [0.2, 0.25) is 5.91 Å².